The van der Waals surface area contributed by atoms with Crippen molar-refractivity contribution in [1.29, 1.82) is 0 Å². The highest BCUT2D eigenvalue weighted by Crippen LogP contribution is 2.36. The predicted octanol–water partition coefficient (Wildman–Crippen LogP) is 1.86. The van der Waals surface area contributed by atoms with Crippen molar-refractivity contribution in [3.05, 3.63) is 26.6 Å². The summed E-state index contributed by atoms with van der Waals surface area (Å²) in [6.07, 6.45) is 1.37. The summed E-state index contributed by atoms with van der Waals surface area (Å²) in [7, 11) is 2.98. The molecule has 1 atom stereocenters. The number of carbonyl (C=O) groups excluding carboxylic acids is 1. The maximum absolute atomic E-state index is 12.6. The molecular formula is C13H16BrNO4. The van der Waals surface area contributed by atoms with Gasteiger partial charge in [0.15, 0.2) is 11.5 Å². The van der Waals surface area contributed by atoms with E-state index in [4.69, 9.17) is 9.47 Å². The molecule has 104 valence electrons. The summed E-state index contributed by atoms with van der Waals surface area (Å²) in [5.74, 6) is -0.0611. The highest BCUT2D eigenvalue weighted by molar-refractivity contribution is 9.10. The zero-order chi connectivity index (χ0) is 14.4. The average molecular weight is 330 g/mol. The summed E-state index contributed by atoms with van der Waals surface area (Å²) in [6.45, 7) is 4.14. The number of ketones is 1. The van der Waals surface area contributed by atoms with Crippen molar-refractivity contribution in [1.82, 2.24) is 4.57 Å². The number of fused-ring (bicyclic) bond motifs is 1. The molecule has 0 aliphatic carbocycles. The van der Waals surface area contributed by atoms with Crippen molar-refractivity contribution >= 4 is 21.7 Å². The second-order valence-corrected chi connectivity index (χ2v) is 5.97. The minimum atomic E-state index is -0.692. The fourth-order valence-corrected chi connectivity index (χ4v) is 2.83. The van der Waals surface area contributed by atoms with Crippen LogP contribution < -0.4 is 10.2 Å². The Kier molecular flexibility index (Phi) is 3.57. The lowest BCUT2D eigenvalue weighted by molar-refractivity contribution is -0.00728. The Morgan fingerprint density at radius 1 is 1.37 bits per heavy atom. The number of methoxy groups -OCH3 is 2. The first kappa shape index (κ1) is 14.3. The van der Waals surface area contributed by atoms with Crippen LogP contribution in [0.3, 0.4) is 0 Å². The summed E-state index contributed by atoms with van der Waals surface area (Å²) < 4.78 is 12.6. The second kappa shape index (κ2) is 4.76. The van der Waals surface area contributed by atoms with Gasteiger partial charge in [0.05, 0.1) is 29.6 Å². The molecule has 1 aromatic heterocycles. The van der Waals surface area contributed by atoms with Crippen LogP contribution in [0.4, 0.5) is 0 Å². The van der Waals surface area contributed by atoms with Crippen molar-refractivity contribution in [3.8, 4) is 5.75 Å². The Hall–Kier alpha value is -1.14. The van der Waals surface area contributed by atoms with Gasteiger partial charge in [-0.25, -0.2) is 0 Å². The number of hydrogen-bond donors (Lipinski definition) is 0. The molecule has 2 heterocycles. The smallest absolute Gasteiger partial charge is 0.238 e. The molecule has 0 N–H and O–H groups in total. The zero-order valence-corrected chi connectivity index (χ0v) is 12.9. The van der Waals surface area contributed by atoms with Crippen LogP contribution in [0.25, 0.3) is 0 Å². The van der Waals surface area contributed by atoms with E-state index in [1.165, 1.54) is 7.11 Å². The molecule has 0 radical (unpaired) electrons. The quantitative estimate of drug-likeness (QED) is 0.831. The Morgan fingerprint density at radius 2 is 2.00 bits per heavy atom. The molecule has 5 nitrogen and oxygen atoms in total. The molecule has 1 aliphatic heterocycles. The molecule has 0 spiro atoms. The normalized spacial score (nSPS) is 21.1. The predicted molar refractivity (Wildman–Crippen MR) is 73.9 cm³/mol. The standard InChI is InChI=1S/C13H16BrNO4/c1-13(2)8(18-3)6-15-5-7(14)10(16)11(19-4)9(15)12(13)17/h5,8H,6H2,1-4H3/t8-/m0/s1. The molecular weight excluding hydrogens is 314 g/mol. The maximum atomic E-state index is 12.6. The summed E-state index contributed by atoms with van der Waals surface area (Å²) in [5, 5.41) is 0. The van der Waals surface area contributed by atoms with Crippen molar-refractivity contribution in [2.45, 2.75) is 26.5 Å². The van der Waals surface area contributed by atoms with E-state index in [0.717, 1.165) is 0 Å². The largest absolute Gasteiger partial charge is 0.491 e. The molecule has 19 heavy (non-hydrogen) atoms. The van der Waals surface area contributed by atoms with Crippen LogP contribution in [0.1, 0.15) is 24.3 Å². The lowest BCUT2D eigenvalue weighted by Gasteiger charge is -2.38. The lowest BCUT2D eigenvalue weighted by atomic mass is 9.77. The molecule has 1 aliphatic rings. The second-order valence-electron chi connectivity index (χ2n) is 5.12. The van der Waals surface area contributed by atoms with Crippen LogP contribution in [0.15, 0.2) is 15.5 Å². The molecule has 0 amide bonds. The number of aromatic nitrogens is 1. The first-order valence-corrected chi connectivity index (χ1v) is 6.68. The summed E-state index contributed by atoms with van der Waals surface area (Å²) in [4.78, 5) is 24.6. The lowest BCUT2D eigenvalue weighted by Crippen LogP contribution is -2.47. The van der Waals surface area contributed by atoms with Crippen LogP contribution in [0.5, 0.6) is 5.75 Å². The van der Waals surface area contributed by atoms with Crippen molar-refractivity contribution < 1.29 is 14.3 Å². The van der Waals surface area contributed by atoms with Gasteiger partial charge < -0.3 is 14.0 Å². The van der Waals surface area contributed by atoms with Gasteiger partial charge in [0, 0.05) is 13.3 Å². The van der Waals surface area contributed by atoms with Crippen molar-refractivity contribution in [2.24, 2.45) is 5.41 Å². The number of hydrogen-bond acceptors (Lipinski definition) is 4. The third kappa shape index (κ3) is 2.03. The van der Waals surface area contributed by atoms with E-state index in [1.807, 2.05) is 13.8 Å². The van der Waals surface area contributed by atoms with E-state index in [9.17, 15) is 9.59 Å². The number of pyridine rings is 1. The Morgan fingerprint density at radius 3 is 2.53 bits per heavy atom. The number of nitrogens with zero attached hydrogens (tertiary/aromatic N) is 1. The summed E-state index contributed by atoms with van der Waals surface area (Å²) >= 11 is 3.19. The van der Waals surface area contributed by atoms with E-state index in [-0.39, 0.29) is 23.1 Å². The SMILES string of the molecule is COc1c2n(cc(Br)c1=O)C[C@H](OC)C(C)(C)C2=O. The van der Waals surface area contributed by atoms with Gasteiger partial charge in [-0.3, -0.25) is 9.59 Å². The van der Waals surface area contributed by atoms with Gasteiger partial charge in [-0.1, -0.05) is 0 Å². The zero-order valence-electron chi connectivity index (χ0n) is 11.3. The Labute approximate surface area is 119 Å². The number of rotatable bonds is 2. The third-order valence-corrected chi connectivity index (χ3v) is 4.22. The highest BCUT2D eigenvalue weighted by atomic mass is 79.9. The average Bonchev–Trinajstić information content (AvgIpc) is 2.36. The Bertz CT molecular complexity index is 591. The van der Waals surface area contributed by atoms with Gasteiger partial charge in [0.1, 0.15) is 5.69 Å². The van der Waals surface area contributed by atoms with Gasteiger partial charge in [-0.15, -0.1) is 0 Å². The molecule has 2 rings (SSSR count). The number of carbonyl (C=O) groups is 1. The maximum Gasteiger partial charge on any atom is 0.238 e. The Balaban J connectivity index is 2.74. The highest BCUT2D eigenvalue weighted by Gasteiger charge is 2.44. The van der Waals surface area contributed by atoms with Crippen molar-refractivity contribution in [3.63, 3.8) is 0 Å². The van der Waals surface area contributed by atoms with Crippen LogP contribution in [0, 0.1) is 5.41 Å². The van der Waals surface area contributed by atoms with Crippen LogP contribution in [-0.2, 0) is 11.3 Å². The molecule has 6 heteroatoms. The van der Waals surface area contributed by atoms with Gasteiger partial charge >= 0.3 is 0 Å². The first-order chi connectivity index (χ1) is 8.84. The minimum Gasteiger partial charge on any atom is -0.491 e. The van der Waals surface area contributed by atoms with Gasteiger partial charge in [0.25, 0.3) is 0 Å². The number of ether oxygens (including phenoxy) is 2. The topological polar surface area (TPSA) is 57.5 Å². The van der Waals surface area contributed by atoms with E-state index in [0.29, 0.717) is 16.7 Å². The van der Waals surface area contributed by atoms with Gasteiger partial charge in [0.2, 0.25) is 5.43 Å². The molecule has 0 saturated carbocycles. The minimum absolute atomic E-state index is 0.0852. The fraction of sp³-hybridized carbons (Fsp3) is 0.538. The van der Waals surface area contributed by atoms with Gasteiger partial charge in [-0.2, -0.15) is 0 Å². The van der Waals surface area contributed by atoms with E-state index in [1.54, 1.807) is 17.9 Å². The molecule has 0 saturated heterocycles. The summed E-state index contributed by atoms with van der Waals surface area (Å²) in [6, 6.07) is 0. The molecule has 0 aromatic carbocycles. The van der Waals surface area contributed by atoms with E-state index >= 15 is 0 Å². The van der Waals surface area contributed by atoms with E-state index in [2.05, 4.69) is 15.9 Å². The first-order valence-electron chi connectivity index (χ1n) is 5.89. The van der Waals surface area contributed by atoms with Gasteiger partial charge in [-0.05, 0) is 29.8 Å². The van der Waals surface area contributed by atoms with Crippen molar-refractivity contribution in [2.75, 3.05) is 14.2 Å². The molecule has 0 bridgehead atoms. The number of Topliss-reactive ketones (excluding diaryl/α,β-unsaturated/α-hetero) is 1. The van der Waals surface area contributed by atoms with Crippen LogP contribution >= 0.6 is 15.9 Å². The fourth-order valence-electron chi connectivity index (χ4n) is 2.40. The van der Waals surface area contributed by atoms with Crippen LogP contribution in [0.2, 0.25) is 0 Å². The molecule has 0 unspecified atom stereocenters. The summed E-state index contributed by atoms with van der Waals surface area (Å²) in [5.41, 5.74) is -0.690. The molecule has 1 aromatic rings. The third-order valence-electron chi connectivity index (χ3n) is 3.65. The van der Waals surface area contributed by atoms with Crippen LogP contribution in [-0.4, -0.2) is 30.7 Å². The number of halogens is 1. The van der Waals surface area contributed by atoms with E-state index < -0.39 is 5.41 Å². The molecule has 0 fully saturated rings. The monoisotopic (exact) mass is 329 g/mol.